The maximum Gasteiger partial charge on any atom is 0.160 e. The topological polar surface area (TPSA) is 87.2 Å². The second-order valence-corrected chi connectivity index (χ2v) is 29.3. The molecule has 6 aromatic heterocycles. The molecule has 8 heteroatoms. The third-order valence-corrected chi connectivity index (χ3v) is 22.5. The van der Waals surface area contributed by atoms with E-state index in [4.69, 9.17) is 29.9 Å². The highest BCUT2D eigenvalue weighted by Crippen LogP contribution is 2.46. The predicted molar refractivity (Wildman–Crippen MR) is 472 cm³/mol. The van der Waals surface area contributed by atoms with E-state index in [9.17, 15) is 0 Å². The van der Waals surface area contributed by atoms with E-state index in [1.165, 1.54) is 10.8 Å². The van der Waals surface area contributed by atoms with Gasteiger partial charge in [-0.05, 0) is 134 Å². The number of hydrogen-bond acceptors (Lipinski definition) is 6. The van der Waals surface area contributed by atoms with Crippen LogP contribution in [-0.2, 0) is 0 Å². The monoisotopic (exact) mass is 1450 g/mol. The van der Waals surface area contributed by atoms with Gasteiger partial charge >= 0.3 is 0 Å². The second-order valence-electron chi connectivity index (χ2n) is 29.3. The van der Waals surface area contributed by atoms with E-state index in [1.54, 1.807) is 0 Å². The Kier molecular flexibility index (Phi) is 15.7. The lowest BCUT2D eigenvalue weighted by atomic mass is 9.96. The van der Waals surface area contributed by atoms with E-state index in [1.807, 2.05) is 18.2 Å². The molecule has 0 saturated heterocycles. The van der Waals surface area contributed by atoms with Crippen molar-refractivity contribution in [3.63, 3.8) is 0 Å². The zero-order valence-corrected chi connectivity index (χ0v) is 61.7. The highest BCUT2D eigenvalue weighted by molar-refractivity contribution is 6.25. The summed E-state index contributed by atoms with van der Waals surface area (Å²) in [6.07, 6.45) is 0. The molecule has 0 unspecified atom stereocenters. The molecule has 16 aromatic carbocycles. The van der Waals surface area contributed by atoms with Crippen molar-refractivity contribution in [2.24, 2.45) is 0 Å². The van der Waals surface area contributed by atoms with Gasteiger partial charge in [-0.2, -0.15) is 0 Å². The zero-order chi connectivity index (χ0) is 75.2. The molecule has 0 saturated carbocycles. The van der Waals surface area contributed by atoms with Gasteiger partial charge in [-0.15, -0.1) is 0 Å². The van der Waals surface area contributed by atoms with Gasteiger partial charge in [-0.25, -0.2) is 29.9 Å². The van der Waals surface area contributed by atoms with Crippen LogP contribution in [0.5, 0.6) is 0 Å². The lowest BCUT2D eigenvalue weighted by Gasteiger charge is -2.13. The van der Waals surface area contributed by atoms with Gasteiger partial charge in [0.25, 0.3) is 0 Å². The molecule has 0 aliphatic carbocycles. The Morgan fingerprint density at radius 3 is 0.851 bits per heavy atom. The number of benzene rings is 16. The Bertz CT molecular complexity index is 7510. The molecule has 22 rings (SSSR count). The Morgan fingerprint density at radius 1 is 0.175 bits per heavy atom. The van der Waals surface area contributed by atoms with Crippen LogP contribution in [0.25, 0.3) is 222 Å². The second kappa shape index (κ2) is 27.3. The lowest BCUT2D eigenvalue weighted by molar-refractivity contribution is 1.18. The third kappa shape index (κ3) is 11.5. The van der Waals surface area contributed by atoms with Crippen molar-refractivity contribution in [2.75, 3.05) is 0 Å². The normalized spacial score (nSPS) is 11.7. The van der Waals surface area contributed by atoms with Gasteiger partial charge in [0.15, 0.2) is 11.6 Å². The Labute approximate surface area is 657 Å². The molecular formula is C106H66N8. The fraction of sp³-hybridized carbons (Fsp3) is 0. The van der Waals surface area contributed by atoms with Crippen molar-refractivity contribution in [1.82, 2.24) is 39.0 Å². The van der Waals surface area contributed by atoms with Gasteiger partial charge in [0, 0.05) is 88.2 Å². The van der Waals surface area contributed by atoms with Gasteiger partial charge in [0.2, 0.25) is 0 Å². The molecular weight excluding hydrogens is 1390 g/mol. The Morgan fingerprint density at radius 2 is 0.456 bits per heavy atom. The van der Waals surface area contributed by atoms with E-state index in [-0.39, 0.29) is 0 Å². The van der Waals surface area contributed by atoms with E-state index < -0.39 is 0 Å². The summed E-state index contributed by atoms with van der Waals surface area (Å²) in [6, 6.07) is 142. The van der Waals surface area contributed by atoms with Crippen LogP contribution >= 0.6 is 0 Å². The number of nitrogens with zero attached hydrogens (tertiary/aromatic N) is 8. The number of aromatic nitrogens is 8. The van der Waals surface area contributed by atoms with Crippen molar-refractivity contribution in [2.45, 2.75) is 0 Å². The number of para-hydroxylation sites is 4. The molecule has 0 radical (unpaired) electrons. The van der Waals surface area contributed by atoms with Crippen LogP contribution in [0.4, 0.5) is 0 Å². The van der Waals surface area contributed by atoms with Gasteiger partial charge in [-0.3, -0.25) is 0 Å². The summed E-state index contributed by atoms with van der Waals surface area (Å²) < 4.78 is 4.82. The predicted octanol–water partition coefficient (Wildman–Crippen LogP) is 27.2. The molecule has 530 valence electrons. The van der Waals surface area contributed by atoms with Crippen LogP contribution in [0.15, 0.2) is 400 Å². The summed E-state index contributed by atoms with van der Waals surface area (Å²) in [4.78, 5) is 32.5. The highest BCUT2D eigenvalue weighted by Gasteiger charge is 2.25. The fourth-order valence-corrected chi connectivity index (χ4v) is 16.9. The zero-order valence-electron chi connectivity index (χ0n) is 61.7. The van der Waals surface area contributed by atoms with Gasteiger partial charge in [0.05, 0.1) is 67.3 Å². The van der Waals surface area contributed by atoms with Crippen LogP contribution in [0.1, 0.15) is 0 Å². The smallest absolute Gasteiger partial charge is 0.160 e. The fourth-order valence-electron chi connectivity index (χ4n) is 16.9. The summed E-state index contributed by atoms with van der Waals surface area (Å²) in [5.41, 5.74) is 28.3. The summed E-state index contributed by atoms with van der Waals surface area (Å²) in [6.45, 7) is 0. The van der Waals surface area contributed by atoms with Crippen molar-refractivity contribution in [3.05, 3.63) is 400 Å². The maximum absolute atomic E-state index is 5.58. The summed E-state index contributed by atoms with van der Waals surface area (Å²) in [5.74, 6) is 1.29. The summed E-state index contributed by atoms with van der Waals surface area (Å²) >= 11 is 0. The van der Waals surface area contributed by atoms with Gasteiger partial charge in [0.1, 0.15) is 0 Å². The molecule has 22 aromatic rings. The number of pyridine rings is 2. The van der Waals surface area contributed by atoms with Crippen LogP contribution < -0.4 is 0 Å². The van der Waals surface area contributed by atoms with E-state index in [2.05, 4.69) is 391 Å². The number of fused-ring (bicyclic) bond motifs is 12. The highest BCUT2D eigenvalue weighted by atomic mass is 15.0. The Balaban J connectivity index is 0.582. The SMILES string of the molecule is c1ccc(-c2ccc(-c3cc(-c4ccc(-c5cccc(-c6ccc(-c7cc(-c8ccc(-c9nc%10cc%11ccccc%11cc%10c%10c9c9ccccc9n%10-c9ccccc9)cc8)nc(-c8ccccc8)n7)cc6)c5)cc4)nc(-c4ccc(-c5nc6cc7ccccc7cc6c6c5c5ccccc5n6-c5ccccc5)cc4)n3)cc2)cc1. The van der Waals surface area contributed by atoms with Gasteiger partial charge in [-0.1, -0.05) is 322 Å². The average Bonchev–Trinajstić information content (AvgIpc) is 1.48. The van der Waals surface area contributed by atoms with Crippen molar-refractivity contribution in [1.29, 1.82) is 0 Å². The maximum atomic E-state index is 5.58. The first kappa shape index (κ1) is 65.7. The van der Waals surface area contributed by atoms with E-state index in [0.29, 0.717) is 11.6 Å². The standard InChI is InChI=1S/C106H66N8/c1-5-22-67(23-6-1)68-40-46-71(47-41-68)92-66-93(112-106(111-92)78-58-56-76(57-59-78)102-100-88-37-18-20-39-98(88)114(86-34-11-4-12-35-86)104(100)90-62-82-27-14-16-29-84(82)64-96(90)108-102)73-50-44-70(45-51-73)80-31-21-30-79(60-80)69-42-48-72(49-43-69)91-65-94(110-105(109-91)77-24-7-2-8-25-77)74-52-54-75(55-53-74)101-99-87-36-17-19-38-97(87)113(85-32-9-3-10-33-85)103(99)89-61-81-26-13-15-28-83(81)63-95(89)107-101/h1-66H. The van der Waals surface area contributed by atoms with Gasteiger partial charge < -0.3 is 9.13 Å². The van der Waals surface area contributed by atoms with Crippen LogP contribution in [0.3, 0.4) is 0 Å². The quantitative estimate of drug-likeness (QED) is 0.107. The summed E-state index contributed by atoms with van der Waals surface area (Å²) in [5, 5.41) is 11.4. The number of rotatable bonds is 13. The third-order valence-electron chi connectivity index (χ3n) is 22.5. The molecule has 0 spiro atoms. The molecule has 6 heterocycles. The average molecular weight is 1450 g/mol. The van der Waals surface area contributed by atoms with Crippen LogP contribution in [0.2, 0.25) is 0 Å². The summed E-state index contributed by atoms with van der Waals surface area (Å²) in [7, 11) is 0. The first-order valence-electron chi connectivity index (χ1n) is 38.6. The van der Waals surface area contributed by atoms with Crippen molar-refractivity contribution in [3.8, 4) is 135 Å². The molecule has 0 amide bonds. The first-order chi connectivity index (χ1) is 56.5. The molecule has 0 fully saturated rings. The van der Waals surface area contributed by atoms with E-state index in [0.717, 1.165) is 200 Å². The molecule has 0 aliphatic heterocycles. The molecule has 0 N–H and O–H groups in total. The largest absolute Gasteiger partial charge is 0.308 e. The molecule has 0 atom stereocenters. The molecule has 0 aliphatic rings. The first-order valence-corrected chi connectivity index (χ1v) is 38.6. The molecule has 0 bridgehead atoms. The minimum absolute atomic E-state index is 0.630. The Hall–Kier alpha value is -15.4. The lowest BCUT2D eigenvalue weighted by Crippen LogP contribution is -1.97. The van der Waals surface area contributed by atoms with Crippen LogP contribution in [-0.4, -0.2) is 39.0 Å². The van der Waals surface area contributed by atoms with Crippen LogP contribution in [0, 0.1) is 0 Å². The van der Waals surface area contributed by atoms with Crippen molar-refractivity contribution < 1.29 is 0 Å². The van der Waals surface area contributed by atoms with E-state index >= 15 is 0 Å². The molecule has 114 heavy (non-hydrogen) atoms. The molecule has 8 nitrogen and oxygen atoms in total. The minimum Gasteiger partial charge on any atom is -0.308 e. The van der Waals surface area contributed by atoms with Crippen molar-refractivity contribution >= 4 is 87.0 Å². The number of hydrogen-bond donors (Lipinski definition) is 0. The minimum atomic E-state index is 0.630.